The van der Waals surface area contributed by atoms with Crippen LogP contribution in [0.4, 0.5) is 0 Å². The van der Waals surface area contributed by atoms with Crippen LogP contribution in [0.5, 0.6) is 0 Å². The third-order valence-corrected chi connectivity index (χ3v) is 2.55. The summed E-state index contributed by atoms with van der Waals surface area (Å²) in [5.74, 6) is -0.315. The molecule has 0 heterocycles. The molecule has 3 nitrogen and oxygen atoms in total. The fraction of sp³-hybridized carbons (Fsp3) is 0.462. The molecule has 1 atom stereocenters. The van der Waals surface area contributed by atoms with Crippen LogP contribution in [0.1, 0.15) is 26.3 Å². The van der Waals surface area contributed by atoms with Crippen molar-refractivity contribution in [1.29, 1.82) is 0 Å². The van der Waals surface area contributed by atoms with Crippen LogP contribution in [0.2, 0.25) is 0 Å². The van der Waals surface area contributed by atoms with E-state index >= 15 is 0 Å². The molecule has 1 aromatic carbocycles. The standard InChI is InChI=1S/C13H20N2O/c1-10(2)15-13(3,12(14)16)9-11-7-5-4-6-8-11/h4-8,10,15H,9H2,1-3H3,(H2,14,16). The fourth-order valence-corrected chi connectivity index (χ4v) is 1.85. The first kappa shape index (κ1) is 12.7. The average molecular weight is 220 g/mol. The molecule has 0 aromatic heterocycles. The molecule has 0 spiro atoms. The van der Waals surface area contributed by atoms with Gasteiger partial charge in [-0.05, 0) is 32.8 Å². The van der Waals surface area contributed by atoms with Crippen LogP contribution >= 0.6 is 0 Å². The van der Waals surface area contributed by atoms with Gasteiger partial charge in [0.1, 0.15) is 0 Å². The van der Waals surface area contributed by atoms with Crippen LogP contribution in [0.25, 0.3) is 0 Å². The second-order valence-corrected chi connectivity index (χ2v) is 4.66. The highest BCUT2D eigenvalue weighted by Gasteiger charge is 2.31. The molecule has 0 aliphatic heterocycles. The lowest BCUT2D eigenvalue weighted by Crippen LogP contribution is -2.56. The van der Waals surface area contributed by atoms with Gasteiger partial charge < -0.3 is 11.1 Å². The lowest BCUT2D eigenvalue weighted by atomic mass is 9.91. The maximum atomic E-state index is 11.5. The van der Waals surface area contributed by atoms with E-state index in [0.29, 0.717) is 6.42 Å². The van der Waals surface area contributed by atoms with Gasteiger partial charge in [-0.2, -0.15) is 0 Å². The van der Waals surface area contributed by atoms with Gasteiger partial charge in [-0.3, -0.25) is 4.79 Å². The zero-order valence-electron chi connectivity index (χ0n) is 10.2. The number of nitrogens with one attached hydrogen (secondary N) is 1. The van der Waals surface area contributed by atoms with E-state index in [4.69, 9.17) is 5.73 Å². The molecule has 0 fully saturated rings. The summed E-state index contributed by atoms with van der Waals surface area (Å²) in [5, 5.41) is 3.23. The van der Waals surface area contributed by atoms with Crippen LogP contribution in [-0.2, 0) is 11.2 Å². The Hall–Kier alpha value is -1.35. The molecular weight excluding hydrogens is 200 g/mol. The van der Waals surface area contributed by atoms with Gasteiger partial charge in [0, 0.05) is 6.04 Å². The molecule has 3 heteroatoms. The molecule has 0 saturated carbocycles. The number of carbonyl (C=O) groups excluding carboxylic acids is 1. The van der Waals surface area contributed by atoms with Crippen molar-refractivity contribution in [2.75, 3.05) is 0 Å². The second-order valence-electron chi connectivity index (χ2n) is 4.66. The van der Waals surface area contributed by atoms with Gasteiger partial charge in [0.15, 0.2) is 0 Å². The monoisotopic (exact) mass is 220 g/mol. The molecule has 0 radical (unpaired) electrons. The number of hydrogen-bond acceptors (Lipinski definition) is 2. The predicted molar refractivity (Wildman–Crippen MR) is 66.0 cm³/mol. The third-order valence-electron chi connectivity index (χ3n) is 2.55. The highest BCUT2D eigenvalue weighted by molar-refractivity contribution is 5.84. The van der Waals surface area contributed by atoms with Crippen molar-refractivity contribution in [1.82, 2.24) is 5.32 Å². The summed E-state index contributed by atoms with van der Waals surface area (Å²) < 4.78 is 0. The molecule has 0 bridgehead atoms. The smallest absolute Gasteiger partial charge is 0.237 e. The Labute approximate surface area is 97.0 Å². The predicted octanol–water partition coefficient (Wildman–Crippen LogP) is 1.47. The third kappa shape index (κ3) is 3.35. The molecular formula is C13H20N2O. The van der Waals surface area contributed by atoms with Crippen molar-refractivity contribution in [2.24, 2.45) is 5.73 Å². The Kier molecular flexibility index (Phi) is 4.07. The Bertz CT molecular complexity index is 348. The quantitative estimate of drug-likeness (QED) is 0.789. The zero-order valence-corrected chi connectivity index (χ0v) is 10.2. The van der Waals surface area contributed by atoms with Crippen molar-refractivity contribution in [3.63, 3.8) is 0 Å². The molecule has 88 valence electrons. The first-order chi connectivity index (χ1) is 7.44. The first-order valence-corrected chi connectivity index (χ1v) is 5.55. The molecule has 1 unspecified atom stereocenters. The lowest BCUT2D eigenvalue weighted by molar-refractivity contribution is -0.124. The molecule has 0 aliphatic carbocycles. The summed E-state index contributed by atoms with van der Waals surface area (Å²) in [6, 6.07) is 10.1. The number of hydrogen-bond donors (Lipinski definition) is 2. The summed E-state index contributed by atoms with van der Waals surface area (Å²) in [6.07, 6.45) is 0.612. The minimum Gasteiger partial charge on any atom is -0.368 e. The molecule has 0 saturated heterocycles. The van der Waals surface area contributed by atoms with Gasteiger partial charge >= 0.3 is 0 Å². The molecule has 0 aliphatic rings. The van der Waals surface area contributed by atoms with E-state index in [0.717, 1.165) is 5.56 Å². The summed E-state index contributed by atoms with van der Waals surface area (Å²) >= 11 is 0. The number of benzene rings is 1. The van der Waals surface area contributed by atoms with Crippen LogP contribution in [0, 0.1) is 0 Å². The van der Waals surface area contributed by atoms with Crippen LogP contribution < -0.4 is 11.1 Å². The van der Waals surface area contributed by atoms with E-state index in [1.165, 1.54) is 0 Å². The fourth-order valence-electron chi connectivity index (χ4n) is 1.85. The van der Waals surface area contributed by atoms with Crippen LogP contribution in [0.3, 0.4) is 0 Å². The first-order valence-electron chi connectivity index (χ1n) is 5.55. The van der Waals surface area contributed by atoms with Gasteiger partial charge in [0.25, 0.3) is 0 Å². The average Bonchev–Trinajstić information content (AvgIpc) is 2.17. The van der Waals surface area contributed by atoms with Gasteiger partial charge in [0.2, 0.25) is 5.91 Å². The van der Waals surface area contributed by atoms with Crippen molar-refractivity contribution < 1.29 is 4.79 Å². The number of amides is 1. The molecule has 1 amide bonds. The van der Waals surface area contributed by atoms with E-state index in [-0.39, 0.29) is 11.9 Å². The zero-order chi connectivity index (χ0) is 12.2. The SMILES string of the molecule is CC(C)NC(C)(Cc1ccccc1)C(N)=O. The van der Waals surface area contributed by atoms with Crippen LogP contribution in [0.15, 0.2) is 30.3 Å². The van der Waals surface area contributed by atoms with E-state index in [9.17, 15) is 4.79 Å². The van der Waals surface area contributed by atoms with E-state index in [1.54, 1.807) is 0 Å². The highest BCUT2D eigenvalue weighted by Crippen LogP contribution is 2.13. The normalized spacial score (nSPS) is 14.8. The molecule has 16 heavy (non-hydrogen) atoms. The Morgan fingerprint density at radius 3 is 2.38 bits per heavy atom. The molecule has 1 aromatic rings. The molecule has 1 rings (SSSR count). The van der Waals surface area contributed by atoms with E-state index < -0.39 is 5.54 Å². The van der Waals surface area contributed by atoms with Gasteiger partial charge in [-0.15, -0.1) is 0 Å². The second kappa shape index (κ2) is 5.12. The largest absolute Gasteiger partial charge is 0.368 e. The summed E-state index contributed by atoms with van der Waals surface area (Å²) in [6.45, 7) is 5.86. The summed E-state index contributed by atoms with van der Waals surface area (Å²) in [4.78, 5) is 11.5. The van der Waals surface area contributed by atoms with E-state index in [1.807, 2.05) is 51.1 Å². The van der Waals surface area contributed by atoms with Crippen molar-refractivity contribution in [3.8, 4) is 0 Å². The Morgan fingerprint density at radius 1 is 1.38 bits per heavy atom. The van der Waals surface area contributed by atoms with Gasteiger partial charge in [-0.25, -0.2) is 0 Å². The van der Waals surface area contributed by atoms with Crippen molar-refractivity contribution in [2.45, 2.75) is 38.8 Å². The maximum Gasteiger partial charge on any atom is 0.237 e. The van der Waals surface area contributed by atoms with Gasteiger partial charge in [0.05, 0.1) is 5.54 Å². The van der Waals surface area contributed by atoms with E-state index in [2.05, 4.69) is 5.32 Å². The topological polar surface area (TPSA) is 55.1 Å². The summed E-state index contributed by atoms with van der Waals surface area (Å²) in [5.41, 5.74) is 5.89. The number of carbonyl (C=O) groups is 1. The summed E-state index contributed by atoms with van der Waals surface area (Å²) in [7, 11) is 0. The Balaban J connectivity index is 2.83. The minimum atomic E-state index is -0.685. The molecule has 3 N–H and O–H groups in total. The maximum absolute atomic E-state index is 11.5. The highest BCUT2D eigenvalue weighted by atomic mass is 16.1. The lowest BCUT2D eigenvalue weighted by Gasteiger charge is -2.30. The van der Waals surface area contributed by atoms with Crippen molar-refractivity contribution in [3.05, 3.63) is 35.9 Å². The Morgan fingerprint density at radius 2 is 1.94 bits per heavy atom. The number of rotatable bonds is 5. The van der Waals surface area contributed by atoms with Crippen molar-refractivity contribution >= 4 is 5.91 Å². The van der Waals surface area contributed by atoms with Crippen LogP contribution in [-0.4, -0.2) is 17.5 Å². The van der Waals surface area contributed by atoms with Gasteiger partial charge in [-0.1, -0.05) is 30.3 Å². The minimum absolute atomic E-state index is 0.223. The number of primary amides is 1. The number of nitrogens with two attached hydrogens (primary N) is 1.